The van der Waals surface area contributed by atoms with E-state index in [0.29, 0.717) is 18.0 Å². The Morgan fingerprint density at radius 2 is 2.13 bits per heavy atom. The van der Waals surface area contributed by atoms with E-state index >= 15 is 0 Å². The van der Waals surface area contributed by atoms with E-state index in [1.54, 1.807) is 6.07 Å². The van der Waals surface area contributed by atoms with E-state index in [1.807, 2.05) is 35.0 Å². The molecule has 1 atom stereocenters. The molecule has 0 aromatic heterocycles. The maximum absolute atomic E-state index is 12.5. The number of carboxylic acids is 1. The third-order valence-electron chi connectivity index (χ3n) is 4.30. The summed E-state index contributed by atoms with van der Waals surface area (Å²) in [5, 5.41) is 9.53. The molecule has 0 radical (unpaired) electrons. The van der Waals surface area contributed by atoms with Crippen LogP contribution in [0.2, 0.25) is 5.02 Å². The highest BCUT2D eigenvalue weighted by Gasteiger charge is 2.24. The number of hydrogen-bond acceptors (Lipinski definition) is 3. The first-order valence-corrected chi connectivity index (χ1v) is 8.28. The van der Waals surface area contributed by atoms with Crippen LogP contribution in [0.1, 0.15) is 24.8 Å². The molecule has 2 rings (SSSR count). The van der Waals surface area contributed by atoms with Gasteiger partial charge < -0.3 is 10.0 Å². The van der Waals surface area contributed by atoms with Gasteiger partial charge in [-0.25, -0.2) is 0 Å². The highest BCUT2D eigenvalue weighted by molar-refractivity contribution is 6.30. The van der Waals surface area contributed by atoms with Crippen molar-refractivity contribution in [2.75, 3.05) is 26.7 Å². The van der Waals surface area contributed by atoms with Crippen molar-refractivity contribution in [1.82, 2.24) is 9.80 Å². The Bertz CT molecular complexity index is 565. The number of halogens is 1. The van der Waals surface area contributed by atoms with Gasteiger partial charge in [0.2, 0.25) is 5.91 Å². The van der Waals surface area contributed by atoms with E-state index in [-0.39, 0.29) is 18.5 Å². The van der Waals surface area contributed by atoms with Gasteiger partial charge in [-0.15, -0.1) is 0 Å². The second-order valence-electron chi connectivity index (χ2n) is 6.08. The average Bonchev–Trinajstić information content (AvgIpc) is 2.72. The van der Waals surface area contributed by atoms with Crippen molar-refractivity contribution < 1.29 is 14.7 Å². The Kier molecular flexibility index (Phi) is 6.42. The van der Waals surface area contributed by atoms with Crippen LogP contribution in [0, 0.1) is 0 Å². The number of hydrogen-bond donors (Lipinski definition) is 1. The fraction of sp³-hybridized carbons (Fsp3) is 0.529. The molecule has 1 unspecified atom stereocenters. The largest absolute Gasteiger partial charge is 0.480 e. The molecular formula is C17H23ClN2O3. The van der Waals surface area contributed by atoms with Gasteiger partial charge in [-0.3, -0.25) is 14.5 Å². The van der Waals surface area contributed by atoms with Gasteiger partial charge >= 0.3 is 5.97 Å². The van der Waals surface area contributed by atoms with Crippen molar-refractivity contribution in [3.05, 3.63) is 34.9 Å². The topological polar surface area (TPSA) is 60.9 Å². The van der Waals surface area contributed by atoms with Gasteiger partial charge in [0.15, 0.2) is 0 Å². The molecule has 1 aromatic carbocycles. The quantitative estimate of drug-likeness (QED) is 0.894. The van der Waals surface area contributed by atoms with Crippen LogP contribution in [0.15, 0.2) is 24.3 Å². The summed E-state index contributed by atoms with van der Waals surface area (Å²) in [4.78, 5) is 27.0. The van der Waals surface area contributed by atoms with Gasteiger partial charge in [0.25, 0.3) is 0 Å². The van der Waals surface area contributed by atoms with E-state index in [9.17, 15) is 9.59 Å². The van der Waals surface area contributed by atoms with Crippen LogP contribution >= 0.6 is 11.6 Å². The van der Waals surface area contributed by atoms with Crippen LogP contribution in [0.5, 0.6) is 0 Å². The van der Waals surface area contributed by atoms with Gasteiger partial charge in [-0.2, -0.15) is 0 Å². The van der Waals surface area contributed by atoms with Crippen LogP contribution in [0.25, 0.3) is 0 Å². The molecule has 1 aromatic rings. The predicted molar refractivity (Wildman–Crippen MR) is 89.6 cm³/mol. The average molecular weight is 339 g/mol. The van der Waals surface area contributed by atoms with Crippen molar-refractivity contribution in [1.29, 1.82) is 0 Å². The zero-order chi connectivity index (χ0) is 16.8. The predicted octanol–water partition coefficient (Wildman–Crippen LogP) is 2.28. The second-order valence-corrected chi connectivity index (χ2v) is 6.52. The first kappa shape index (κ1) is 17.8. The summed E-state index contributed by atoms with van der Waals surface area (Å²) in [5.41, 5.74) is 0.922. The first-order chi connectivity index (χ1) is 11.0. The molecule has 0 saturated carbocycles. The number of carbonyl (C=O) groups excluding carboxylic acids is 1. The zero-order valence-corrected chi connectivity index (χ0v) is 14.1. The minimum Gasteiger partial charge on any atom is -0.480 e. The molecule has 1 saturated heterocycles. The van der Waals surface area contributed by atoms with Crippen molar-refractivity contribution in [2.45, 2.75) is 31.7 Å². The SMILES string of the molecule is CN(CC(=O)O)C1CCCN(C(=O)Cc2cccc(Cl)c2)CC1. The van der Waals surface area contributed by atoms with Crippen LogP contribution in [-0.4, -0.2) is 59.5 Å². The molecule has 1 aliphatic rings. The second kappa shape index (κ2) is 8.31. The Morgan fingerprint density at radius 1 is 1.35 bits per heavy atom. The summed E-state index contributed by atoms with van der Waals surface area (Å²) in [6.07, 6.45) is 2.99. The van der Waals surface area contributed by atoms with Crippen molar-refractivity contribution in [2.24, 2.45) is 0 Å². The standard InChI is InChI=1S/C17H23ClN2O3/c1-19(12-17(22)23)15-6-3-8-20(9-7-15)16(21)11-13-4-2-5-14(18)10-13/h2,4-5,10,15H,3,6-9,11-12H2,1H3,(H,22,23). The third-order valence-corrected chi connectivity index (χ3v) is 4.54. The number of aliphatic carboxylic acids is 1. The molecular weight excluding hydrogens is 316 g/mol. The van der Waals surface area contributed by atoms with E-state index in [2.05, 4.69) is 0 Å². The normalized spacial score (nSPS) is 18.7. The molecule has 0 spiro atoms. The maximum atomic E-state index is 12.5. The summed E-state index contributed by atoms with van der Waals surface area (Å²) in [7, 11) is 1.84. The summed E-state index contributed by atoms with van der Waals surface area (Å²) in [5.74, 6) is -0.709. The lowest BCUT2D eigenvalue weighted by Gasteiger charge is -2.25. The molecule has 1 N–H and O–H groups in total. The minimum absolute atomic E-state index is 0.0428. The molecule has 126 valence electrons. The van der Waals surface area contributed by atoms with Crippen LogP contribution in [0.4, 0.5) is 0 Å². The summed E-state index contributed by atoms with van der Waals surface area (Å²) >= 11 is 5.96. The molecule has 5 nitrogen and oxygen atoms in total. The number of nitrogens with zero attached hydrogens (tertiary/aromatic N) is 2. The fourth-order valence-electron chi connectivity index (χ4n) is 3.04. The lowest BCUT2D eigenvalue weighted by molar-refractivity contribution is -0.138. The summed E-state index contributed by atoms with van der Waals surface area (Å²) < 4.78 is 0. The van der Waals surface area contributed by atoms with Crippen LogP contribution in [0.3, 0.4) is 0 Å². The first-order valence-electron chi connectivity index (χ1n) is 7.90. The van der Waals surface area contributed by atoms with Crippen molar-refractivity contribution >= 4 is 23.5 Å². The monoisotopic (exact) mass is 338 g/mol. The number of rotatable bonds is 5. The van der Waals surface area contributed by atoms with E-state index in [4.69, 9.17) is 16.7 Å². The van der Waals surface area contributed by atoms with Crippen molar-refractivity contribution in [3.63, 3.8) is 0 Å². The molecule has 23 heavy (non-hydrogen) atoms. The van der Waals surface area contributed by atoms with E-state index in [1.165, 1.54) is 0 Å². The lowest BCUT2D eigenvalue weighted by Crippen LogP contribution is -2.37. The molecule has 1 heterocycles. The number of carbonyl (C=O) groups is 2. The highest BCUT2D eigenvalue weighted by Crippen LogP contribution is 2.17. The van der Waals surface area contributed by atoms with Gasteiger partial charge in [0.05, 0.1) is 13.0 Å². The fourth-order valence-corrected chi connectivity index (χ4v) is 3.26. The summed E-state index contributed by atoms with van der Waals surface area (Å²) in [6, 6.07) is 7.59. The smallest absolute Gasteiger partial charge is 0.317 e. The van der Waals surface area contributed by atoms with Crippen LogP contribution in [-0.2, 0) is 16.0 Å². The maximum Gasteiger partial charge on any atom is 0.317 e. The number of carboxylic acid groups (broad SMARTS) is 1. The van der Waals surface area contributed by atoms with Gasteiger partial charge in [0, 0.05) is 24.2 Å². The molecule has 1 aliphatic heterocycles. The summed E-state index contributed by atoms with van der Waals surface area (Å²) in [6.45, 7) is 1.45. The molecule has 1 fully saturated rings. The number of likely N-dealkylation sites (N-methyl/N-ethyl adjacent to an activating group) is 1. The van der Waals surface area contributed by atoms with Gasteiger partial charge in [0.1, 0.15) is 0 Å². The lowest BCUT2D eigenvalue weighted by atomic mass is 10.1. The Balaban J connectivity index is 1.89. The van der Waals surface area contributed by atoms with Gasteiger partial charge in [-0.05, 0) is 44.0 Å². The molecule has 6 heteroatoms. The molecule has 0 aliphatic carbocycles. The molecule has 1 amide bonds. The number of amides is 1. The van der Waals surface area contributed by atoms with Crippen LogP contribution < -0.4 is 0 Å². The van der Waals surface area contributed by atoms with Crippen molar-refractivity contribution in [3.8, 4) is 0 Å². The third kappa shape index (κ3) is 5.52. The zero-order valence-electron chi connectivity index (χ0n) is 13.4. The Hall–Kier alpha value is -1.59. The van der Waals surface area contributed by atoms with Gasteiger partial charge in [-0.1, -0.05) is 23.7 Å². The number of likely N-dealkylation sites (tertiary alicyclic amines) is 1. The highest BCUT2D eigenvalue weighted by atomic mass is 35.5. The van der Waals surface area contributed by atoms with E-state index < -0.39 is 5.97 Å². The minimum atomic E-state index is -0.814. The Morgan fingerprint density at radius 3 is 2.83 bits per heavy atom. The van der Waals surface area contributed by atoms with E-state index in [0.717, 1.165) is 31.4 Å². The number of benzene rings is 1. The Labute approximate surface area is 141 Å². The molecule has 0 bridgehead atoms.